The van der Waals surface area contributed by atoms with Crippen LogP contribution < -0.4 is 10.9 Å². The van der Waals surface area contributed by atoms with Crippen LogP contribution in [0.25, 0.3) is 10.9 Å². The second kappa shape index (κ2) is 6.18. The van der Waals surface area contributed by atoms with Crippen LogP contribution in [-0.4, -0.2) is 33.1 Å². The van der Waals surface area contributed by atoms with E-state index in [1.807, 2.05) is 36.0 Å². The summed E-state index contributed by atoms with van der Waals surface area (Å²) in [6, 6.07) is 8.77. The minimum absolute atomic E-state index is 0.101. The number of ether oxygens (including phenoxy) is 1. The van der Waals surface area contributed by atoms with Gasteiger partial charge >= 0.3 is 0 Å². The van der Waals surface area contributed by atoms with Gasteiger partial charge < -0.3 is 19.6 Å². The molecule has 3 aromatic rings. The molecule has 3 heterocycles. The fraction of sp³-hybridized carbons (Fsp3) is 0.278. The summed E-state index contributed by atoms with van der Waals surface area (Å²) >= 11 is 0. The zero-order valence-corrected chi connectivity index (χ0v) is 13.7. The molecule has 4 rings (SSSR count). The summed E-state index contributed by atoms with van der Waals surface area (Å²) in [6.07, 6.45) is 3.89. The van der Waals surface area contributed by atoms with Crippen LogP contribution in [0.1, 0.15) is 28.7 Å². The molecule has 0 saturated carbocycles. The van der Waals surface area contributed by atoms with E-state index >= 15 is 0 Å². The average Bonchev–Trinajstić information content (AvgIpc) is 3.22. The predicted molar refractivity (Wildman–Crippen MR) is 92.3 cm³/mol. The first kappa shape index (κ1) is 15.6. The van der Waals surface area contributed by atoms with Gasteiger partial charge in [-0.1, -0.05) is 18.2 Å². The third-order valence-electron chi connectivity index (χ3n) is 4.52. The van der Waals surface area contributed by atoms with Crippen LogP contribution in [0, 0.1) is 0 Å². The van der Waals surface area contributed by atoms with Gasteiger partial charge in [-0.25, -0.2) is 4.98 Å². The number of pyridine rings is 1. The monoisotopic (exact) mass is 338 g/mol. The minimum atomic E-state index is -0.401. The third-order valence-corrected chi connectivity index (χ3v) is 4.52. The van der Waals surface area contributed by atoms with Gasteiger partial charge in [-0.2, -0.15) is 0 Å². The molecule has 1 aromatic carbocycles. The number of imidazole rings is 1. The van der Waals surface area contributed by atoms with Crippen LogP contribution in [-0.2, 0) is 11.8 Å². The number of aromatic amines is 1. The van der Waals surface area contributed by atoms with Crippen LogP contribution in [0.15, 0.2) is 47.5 Å². The summed E-state index contributed by atoms with van der Waals surface area (Å²) in [5.41, 5.74) is 0.409. The molecule has 1 amide bonds. The highest BCUT2D eigenvalue weighted by Crippen LogP contribution is 2.27. The first-order valence-electron chi connectivity index (χ1n) is 8.15. The van der Waals surface area contributed by atoms with E-state index in [2.05, 4.69) is 15.3 Å². The lowest BCUT2D eigenvalue weighted by Crippen LogP contribution is -2.39. The first-order valence-corrected chi connectivity index (χ1v) is 8.15. The smallest absolute Gasteiger partial charge is 0.261 e. The molecule has 0 bridgehead atoms. The normalized spacial score (nSPS) is 20.0. The van der Waals surface area contributed by atoms with Gasteiger partial charge in [0.15, 0.2) is 0 Å². The van der Waals surface area contributed by atoms with Crippen molar-refractivity contribution in [1.82, 2.24) is 19.9 Å². The summed E-state index contributed by atoms with van der Waals surface area (Å²) in [7, 11) is 1.89. The van der Waals surface area contributed by atoms with Gasteiger partial charge in [-0.3, -0.25) is 9.59 Å². The van der Waals surface area contributed by atoms with Crippen molar-refractivity contribution in [2.24, 2.45) is 7.05 Å². The van der Waals surface area contributed by atoms with E-state index < -0.39 is 11.5 Å². The van der Waals surface area contributed by atoms with E-state index in [4.69, 9.17) is 4.74 Å². The number of fused-ring (bicyclic) bond motifs is 1. The topological polar surface area (TPSA) is 89.0 Å². The highest BCUT2D eigenvalue weighted by Gasteiger charge is 2.34. The van der Waals surface area contributed by atoms with E-state index in [1.165, 1.54) is 0 Å². The molecular weight excluding hydrogens is 320 g/mol. The van der Waals surface area contributed by atoms with Gasteiger partial charge in [0.05, 0.1) is 6.04 Å². The zero-order chi connectivity index (χ0) is 17.4. The second-order valence-corrected chi connectivity index (χ2v) is 6.16. The van der Waals surface area contributed by atoms with Crippen LogP contribution in [0.2, 0.25) is 0 Å². The fourth-order valence-corrected chi connectivity index (χ4v) is 3.21. The van der Waals surface area contributed by atoms with E-state index in [0.717, 1.165) is 11.2 Å². The van der Waals surface area contributed by atoms with Crippen molar-refractivity contribution in [3.05, 3.63) is 64.5 Å². The summed E-state index contributed by atoms with van der Waals surface area (Å²) < 4.78 is 7.62. The molecule has 1 aliphatic heterocycles. The summed E-state index contributed by atoms with van der Waals surface area (Å²) in [5, 5.41) is 3.74. The SMILES string of the molecule is Cn1ccnc1[C@H]1OCC[C@@H]1NC(=O)c1cc2ccccc2[nH]c1=O. The molecule has 1 fully saturated rings. The molecule has 7 nitrogen and oxygen atoms in total. The molecule has 0 unspecified atom stereocenters. The minimum Gasteiger partial charge on any atom is -0.368 e. The number of amides is 1. The molecule has 0 aliphatic carbocycles. The first-order chi connectivity index (χ1) is 12.1. The Morgan fingerprint density at radius 1 is 1.40 bits per heavy atom. The molecule has 0 radical (unpaired) electrons. The van der Waals surface area contributed by atoms with Gasteiger partial charge in [0.25, 0.3) is 11.5 Å². The van der Waals surface area contributed by atoms with Crippen molar-refractivity contribution in [2.75, 3.05) is 6.61 Å². The largest absolute Gasteiger partial charge is 0.368 e. The Hall–Kier alpha value is -2.93. The third kappa shape index (κ3) is 2.83. The Kier molecular flexibility index (Phi) is 3.85. The standard InChI is InChI=1S/C18H18N4O3/c1-22-8-7-19-16(22)15-14(6-9-25-15)21-18(24)12-10-11-4-2-3-5-13(11)20-17(12)23/h2-5,7-8,10,14-15H,6,9H2,1H3,(H,20,23)(H,21,24)/t14-,15-/m0/s1. The zero-order valence-electron chi connectivity index (χ0n) is 13.7. The number of rotatable bonds is 3. The number of hydrogen-bond acceptors (Lipinski definition) is 4. The number of aromatic nitrogens is 3. The van der Waals surface area contributed by atoms with Crippen LogP contribution in [0.3, 0.4) is 0 Å². The summed E-state index contributed by atoms with van der Waals surface area (Å²) in [6.45, 7) is 0.538. The van der Waals surface area contributed by atoms with E-state index in [1.54, 1.807) is 18.3 Å². The molecule has 2 aromatic heterocycles. The van der Waals surface area contributed by atoms with Gasteiger partial charge in [0.2, 0.25) is 0 Å². The number of nitrogens with one attached hydrogen (secondary N) is 2. The van der Waals surface area contributed by atoms with Gasteiger partial charge in [0, 0.05) is 31.6 Å². The van der Waals surface area contributed by atoms with Crippen molar-refractivity contribution in [3.8, 4) is 0 Å². The summed E-state index contributed by atoms with van der Waals surface area (Å²) in [4.78, 5) is 32.0. The lowest BCUT2D eigenvalue weighted by atomic mass is 10.1. The number of para-hydroxylation sites is 1. The van der Waals surface area contributed by atoms with Crippen LogP contribution in [0.5, 0.6) is 0 Å². The number of carbonyl (C=O) groups excluding carboxylic acids is 1. The Bertz CT molecular complexity index is 991. The maximum absolute atomic E-state index is 12.7. The molecule has 128 valence electrons. The predicted octanol–water partition coefficient (Wildman–Crippen LogP) is 1.52. The number of H-pyrrole nitrogens is 1. The number of carbonyl (C=O) groups is 1. The van der Waals surface area contributed by atoms with Gasteiger partial charge in [0.1, 0.15) is 17.5 Å². The maximum atomic E-state index is 12.7. The molecule has 25 heavy (non-hydrogen) atoms. The van der Waals surface area contributed by atoms with Gasteiger partial charge in [-0.05, 0) is 23.9 Å². The highest BCUT2D eigenvalue weighted by atomic mass is 16.5. The Morgan fingerprint density at radius 2 is 2.24 bits per heavy atom. The Balaban J connectivity index is 1.60. The highest BCUT2D eigenvalue weighted by molar-refractivity contribution is 5.97. The van der Waals surface area contributed by atoms with E-state index in [0.29, 0.717) is 18.5 Å². The Labute approximate surface area is 143 Å². The van der Waals surface area contributed by atoms with Gasteiger partial charge in [-0.15, -0.1) is 0 Å². The van der Waals surface area contributed by atoms with Crippen molar-refractivity contribution >= 4 is 16.8 Å². The Morgan fingerprint density at radius 3 is 3.04 bits per heavy atom. The molecule has 1 aliphatic rings. The second-order valence-electron chi connectivity index (χ2n) is 6.16. The molecular formula is C18H18N4O3. The number of nitrogens with zero attached hydrogens (tertiary/aromatic N) is 2. The number of aryl methyl sites for hydroxylation is 1. The van der Waals surface area contributed by atoms with Crippen molar-refractivity contribution < 1.29 is 9.53 Å². The number of hydrogen-bond donors (Lipinski definition) is 2. The average molecular weight is 338 g/mol. The molecule has 2 atom stereocenters. The van der Waals surface area contributed by atoms with E-state index in [-0.39, 0.29) is 17.7 Å². The molecule has 1 saturated heterocycles. The van der Waals surface area contributed by atoms with Crippen molar-refractivity contribution in [2.45, 2.75) is 18.6 Å². The maximum Gasteiger partial charge on any atom is 0.261 e. The van der Waals surface area contributed by atoms with Crippen molar-refractivity contribution in [3.63, 3.8) is 0 Å². The van der Waals surface area contributed by atoms with Crippen LogP contribution >= 0.6 is 0 Å². The molecule has 0 spiro atoms. The molecule has 2 N–H and O–H groups in total. The fourth-order valence-electron chi connectivity index (χ4n) is 3.21. The molecule has 7 heteroatoms. The van der Waals surface area contributed by atoms with Crippen molar-refractivity contribution in [1.29, 1.82) is 0 Å². The lowest BCUT2D eigenvalue weighted by molar-refractivity contribution is 0.0778. The quantitative estimate of drug-likeness (QED) is 0.758. The lowest BCUT2D eigenvalue weighted by Gasteiger charge is -2.19. The number of benzene rings is 1. The van der Waals surface area contributed by atoms with Crippen LogP contribution in [0.4, 0.5) is 0 Å². The summed E-state index contributed by atoms with van der Waals surface area (Å²) in [5.74, 6) is 0.358. The van der Waals surface area contributed by atoms with E-state index in [9.17, 15) is 9.59 Å².